The third kappa shape index (κ3) is 4.15. The van der Waals surface area contributed by atoms with Crippen LogP contribution in [0.4, 0.5) is 5.00 Å². The number of sulfonamides is 1. The first kappa shape index (κ1) is 20.3. The van der Waals surface area contributed by atoms with E-state index in [0.29, 0.717) is 41.8 Å². The Hall–Kier alpha value is -2.96. The number of primary amides is 1. The van der Waals surface area contributed by atoms with Crippen LogP contribution >= 0.6 is 11.3 Å². The van der Waals surface area contributed by atoms with Gasteiger partial charge in [-0.3, -0.25) is 9.52 Å². The number of carbonyl (C=O) groups is 1. The number of rotatable bonds is 7. The number of fused-ring (bicyclic) bond motifs is 1. The number of nitrogens with two attached hydrogens (primary N) is 1. The van der Waals surface area contributed by atoms with Crippen molar-refractivity contribution in [1.82, 2.24) is 10.1 Å². The molecule has 10 nitrogen and oxygen atoms in total. The van der Waals surface area contributed by atoms with Gasteiger partial charge in [-0.15, -0.1) is 11.3 Å². The maximum absolute atomic E-state index is 13.0. The highest BCUT2D eigenvalue weighted by Crippen LogP contribution is 2.43. The highest BCUT2D eigenvalue weighted by molar-refractivity contribution is 7.93. The van der Waals surface area contributed by atoms with Crippen molar-refractivity contribution in [3.8, 4) is 17.2 Å². The van der Waals surface area contributed by atoms with E-state index in [0.717, 1.165) is 10.4 Å². The van der Waals surface area contributed by atoms with Crippen LogP contribution in [0.5, 0.6) is 5.75 Å². The van der Waals surface area contributed by atoms with E-state index >= 15 is 0 Å². The van der Waals surface area contributed by atoms with Gasteiger partial charge in [-0.25, -0.2) is 8.42 Å². The summed E-state index contributed by atoms with van der Waals surface area (Å²) >= 11 is 1.28. The molecule has 0 saturated carbocycles. The molecule has 0 bridgehead atoms. The lowest BCUT2D eigenvalue weighted by Crippen LogP contribution is -2.20. The first-order valence-corrected chi connectivity index (χ1v) is 11.2. The molecule has 1 aromatic carbocycles. The van der Waals surface area contributed by atoms with E-state index in [-0.39, 0.29) is 17.4 Å². The zero-order valence-corrected chi connectivity index (χ0v) is 17.5. The second kappa shape index (κ2) is 8.05. The first-order valence-electron chi connectivity index (χ1n) is 8.90. The quantitative estimate of drug-likeness (QED) is 0.554. The molecule has 12 heteroatoms. The number of aromatic nitrogens is 2. The number of ether oxygens (including phenoxy) is 2. The fourth-order valence-electron chi connectivity index (χ4n) is 2.98. The smallest absolute Gasteiger partial charge is 0.262 e. The maximum Gasteiger partial charge on any atom is 0.262 e. The van der Waals surface area contributed by atoms with Gasteiger partial charge in [0.05, 0.1) is 23.7 Å². The number of anilines is 1. The molecule has 0 fully saturated rings. The zero-order valence-electron chi connectivity index (χ0n) is 15.9. The molecule has 1 aliphatic rings. The Morgan fingerprint density at radius 2 is 2.10 bits per heavy atom. The third-order valence-corrected chi connectivity index (χ3v) is 6.92. The standard InChI is InChI=1S/C18H18N4O6S2/c1-10-20-17(28-21-10)16-13-6-7-26-8-14(13)29-18(16)22-30(24,25)12-4-2-11(3-5-12)27-9-15(19)23/h2-5,22H,6-9H2,1H3,(H2,19,23). The van der Waals surface area contributed by atoms with E-state index in [1.807, 2.05) is 0 Å². The molecule has 0 saturated heterocycles. The van der Waals surface area contributed by atoms with Crippen LogP contribution in [0.1, 0.15) is 16.3 Å². The van der Waals surface area contributed by atoms with E-state index in [2.05, 4.69) is 14.9 Å². The van der Waals surface area contributed by atoms with Crippen molar-refractivity contribution in [1.29, 1.82) is 0 Å². The van der Waals surface area contributed by atoms with Gasteiger partial charge in [0.15, 0.2) is 12.4 Å². The van der Waals surface area contributed by atoms with Crippen LogP contribution in [0.25, 0.3) is 11.5 Å². The number of hydrogen-bond donors (Lipinski definition) is 2. The predicted octanol–water partition coefficient (Wildman–Crippen LogP) is 1.84. The largest absolute Gasteiger partial charge is 0.484 e. The second-order valence-corrected chi connectivity index (χ2v) is 9.28. The number of aryl methyl sites for hydroxylation is 1. The van der Waals surface area contributed by atoms with Gasteiger partial charge in [0, 0.05) is 4.88 Å². The lowest BCUT2D eigenvalue weighted by molar-refractivity contribution is -0.119. The Bertz CT molecular complexity index is 1180. The summed E-state index contributed by atoms with van der Waals surface area (Å²) in [6.07, 6.45) is 0.621. The number of amides is 1. The van der Waals surface area contributed by atoms with Crippen LogP contribution in [-0.4, -0.2) is 37.7 Å². The minimum atomic E-state index is -3.90. The van der Waals surface area contributed by atoms with E-state index in [4.69, 9.17) is 19.7 Å². The van der Waals surface area contributed by atoms with Crippen LogP contribution < -0.4 is 15.2 Å². The predicted molar refractivity (Wildman–Crippen MR) is 108 cm³/mol. The van der Waals surface area contributed by atoms with Crippen molar-refractivity contribution >= 4 is 32.3 Å². The van der Waals surface area contributed by atoms with Gasteiger partial charge in [-0.05, 0) is 43.2 Å². The van der Waals surface area contributed by atoms with Crippen molar-refractivity contribution in [2.24, 2.45) is 5.73 Å². The molecule has 0 spiro atoms. The molecule has 30 heavy (non-hydrogen) atoms. The monoisotopic (exact) mass is 450 g/mol. The van der Waals surface area contributed by atoms with Crippen molar-refractivity contribution in [3.63, 3.8) is 0 Å². The highest BCUT2D eigenvalue weighted by atomic mass is 32.2. The normalized spacial score (nSPS) is 13.6. The van der Waals surface area contributed by atoms with Crippen LogP contribution in [0, 0.1) is 6.92 Å². The Kier molecular flexibility index (Phi) is 5.45. The molecule has 0 aliphatic carbocycles. The third-order valence-electron chi connectivity index (χ3n) is 4.30. The van der Waals surface area contributed by atoms with Crippen LogP contribution in [0.15, 0.2) is 33.7 Å². The molecule has 0 radical (unpaired) electrons. The summed E-state index contributed by atoms with van der Waals surface area (Å²) in [6, 6.07) is 5.66. The van der Waals surface area contributed by atoms with E-state index in [1.54, 1.807) is 6.92 Å². The Morgan fingerprint density at radius 3 is 2.77 bits per heavy atom. The van der Waals surface area contributed by atoms with Gasteiger partial charge >= 0.3 is 0 Å². The SMILES string of the molecule is Cc1noc(-c2c(NS(=O)(=O)c3ccc(OCC(N)=O)cc3)sc3c2CCOC3)n1. The molecular weight excluding hydrogens is 432 g/mol. The van der Waals surface area contributed by atoms with E-state index in [9.17, 15) is 13.2 Å². The van der Waals surface area contributed by atoms with Crippen LogP contribution in [-0.2, 0) is 32.6 Å². The molecule has 1 amide bonds. The first-order chi connectivity index (χ1) is 14.3. The minimum Gasteiger partial charge on any atom is -0.484 e. The summed E-state index contributed by atoms with van der Waals surface area (Å²) in [5, 5.41) is 4.21. The maximum atomic E-state index is 13.0. The fourth-order valence-corrected chi connectivity index (χ4v) is 5.46. The van der Waals surface area contributed by atoms with Gasteiger partial charge in [0.2, 0.25) is 0 Å². The van der Waals surface area contributed by atoms with Gasteiger partial charge in [-0.2, -0.15) is 4.98 Å². The molecular formula is C18H18N4O6S2. The van der Waals surface area contributed by atoms with Crippen molar-refractivity contribution in [2.45, 2.75) is 24.8 Å². The van der Waals surface area contributed by atoms with Gasteiger partial charge in [0.1, 0.15) is 10.8 Å². The summed E-state index contributed by atoms with van der Waals surface area (Å²) in [5.74, 6) is 0.429. The Morgan fingerprint density at radius 1 is 1.33 bits per heavy atom. The molecule has 0 unspecified atom stereocenters. The van der Waals surface area contributed by atoms with Crippen molar-refractivity contribution in [2.75, 3.05) is 17.9 Å². The lowest BCUT2D eigenvalue weighted by Gasteiger charge is -2.12. The molecule has 4 rings (SSSR count). The molecule has 3 aromatic rings. The van der Waals surface area contributed by atoms with Gasteiger partial charge in [0.25, 0.3) is 21.8 Å². The van der Waals surface area contributed by atoms with E-state index < -0.39 is 15.9 Å². The fraction of sp³-hybridized carbons (Fsp3) is 0.278. The Balaban J connectivity index is 1.65. The number of benzene rings is 1. The number of nitrogens with one attached hydrogen (secondary N) is 1. The lowest BCUT2D eigenvalue weighted by atomic mass is 10.1. The highest BCUT2D eigenvalue weighted by Gasteiger charge is 2.28. The van der Waals surface area contributed by atoms with Gasteiger partial charge in [-0.1, -0.05) is 5.16 Å². The number of nitrogens with zero attached hydrogens (tertiary/aromatic N) is 2. The Labute approximate surface area is 176 Å². The zero-order chi connectivity index (χ0) is 21.3. The van der Waals surface area contributed by atoms with Crippen LogP contribution in [0.2, 0.25) is 0 Å². The van der Waals surface area contributed by atoms with Crippen molar-refractivity contribution < 1.29 is 27.2 Å². The number of hydrogen-bond acceptors (Lipinski definition) is 9. The topological polar surface area (TPSA) is 147 Å². The molecule has 1 aliphatic heterocycles. The summed E-state index contributed by atoms with van der Waals surface area (Å²) in [5.41, 5.74) is 6.57. The summed E-state index contributed by atoms with van der Waals surface area (Å²) < 4.78 is 44.5. The average Bonchev–Trinajstić information content (AvgIpc) is 3.28. The molecule has 0 atom stereocenters. The minimum absolute atomic E-state index is 0.0317. The number of thiophene rings is 1. The summed E-state index contributed by atoms with van der Waals surface area (Å²) in [4.78, 5) is 16.0. The molecule has 3 N–H and O–H groups in total. The van der Waals surface area contributed by atoms with Crippen molar-refractivity contribution in [3.05, 3.63) is 40.5 Å². The summed E-state index contributed by atoms with van der Waals surface area (Å²) in [7, 11) is -3.90. The molecule has 2 aromatic heterocycles. The molecule has 158 valence electrons. The molecule has 3 heterocycles. The van der Waals surface area contributed by atoms with E-state index in [1.165, 1.54) is 35.6 Å². The average molecular weight is 450 g/mol. The summed E-state index contributed by atoms with van der Waals surface area (Å²) in [6.45, 7) is 2.33. The second-order valence-electron chi connectivity index (χ2n) is 6.49. The van der Waals surface area contributed by atoms with Crippen LogP contribution in [0.3, 0.4) is 0 Å². The number of carbonyl (C=O) groups excluding carboxylic acids is 1. The van der Waals surface area contributed by atoms with Gasteiger partial charge < -0.3 is 19.7 Å².